The van der Waals surface area contributed by atoms with Crippen molar-refractivity contribution in [2.24, 2.45) is 0 Å². The smallest absolute Gasteiger partial charge is 0.236 e. The normalized spacial score (nSPS) is 11.2. The Morgan fingerprint density at radius 2 is 2.15 bits per heavy atom. The van der Waals surface area contributed by atoms with Crippen LogP contribution in [-0.4, -0.2) is 26.8 Å². The van der Waals surface area contributed by atoms with Crippen molar-refractivity contribution in [1.29, 1.82) is 0 Å². The molecule has 3 rings (SSSR count). The number of thioether (sulfide) groups is 1. The van der Waals surface area contributed by atoms with Crippen LogP contribution in [0.3, 0.4) is 0 Å². The molecule has 1 amide bonds. The standard InChI is InChI=1S/C18H20N4O2S2/c1-10(2)17-21-22-18(26-17)20-15(24)9-25-8-12-7-14(23)13-6-4-5-11(3)16(13)19-12/h4-7,10H,8-9H2,1-3H3,(H,19,23)(H,20,22,24). The van der Waals surface area contributed by atoms with Gasteiger partial charge in [-0.15, -0.1) is 22.0 Å². The molecule has 0 spiro atoms. The molecule has 136 valence electrons. The number of anilines is 1. The first-order valence-electron chi connectivity index (χ1n) is 8.26. The van der Waals surface area contributed by atoms with E-state index in [-0.39, 0.29) is 17.1 Å². The Hall–Kier alpha value is -2.19. The summed E-state index contributed by atoms with van der Waals surface area (Å²) in [5.74, 6) is 1.01. The van der Waals surface area contributed by atoms with E-state index in [1.165, 1.54) is 23.1 Å². The first kappa shape index (κ1) is 18.6. The molecule has 0 aliphatic carbocycles. The number of pyridine rings is 1. The van der Waals surface area contributed by atoms with E-state index in [0.29, 0.717) is 22.2 Å². The number of aromatic nitrogens is 3. The van der Waals surface area contributed by atoms with E-state index in [1.54, 1.807) is 6.07 Å². The Labute approximate surface area is 159 Å². The van der Waals surface area contributed by atoms with Crippen LogP contribution in [-0.2, 0) is 10.5 Å². The fourth-order valence-corrected chi connectivity index (χ4v) is 3.97. The van der Waals surface area contributed by atoms with Crippen LogP contribution in [0.5, 0.6) is 0 Å². The van der Waals surface area contributed by atoms with Gasteiger partial charge in [0.2, 0.25) is 11.0 Å². The molecular weight excluding hydrogens is 368 g/mol. The predicted molar refractivity (Wildman–Crippen MR) is 108 cm³/mol. The van der Waals surface area contributed by atoms with Crippen molar-refractivity contribution >= 4 is 45.0 Å². The molecule has 3 aromatic rings. The lowest BCUT2D eigenvalue weighted by Crippen LogP contribution is -2.14. The minimum absolute atomic E-state index is 0.00224. The first-order chi connectivity index (χ1) is 12.4. The number of amides is 1. The lowest BCUT2D eigenvalue weighted by Gasteiger charge is -2.06. The maximum Gasteiger partial charge on any atom is 0.236 e. The lowest BCUT2D eigenvalue weighted by atomic mass is 10.1. The van der Waals surface area contributed by atoms with Crippen LogP contribution in [0.2, 0.25) is 0 Å². The molecule has 0 saturated heterocycles. The third-order valence-corrected chi connectivity index (χ3v) is 5.92. The maximum atomic E-state index is 12.2. The summed E-state index contributed by atoms with van der Waals surface area (Å²) in [5.41, 5.74) is 2.70. The van der Waals surface area contributed by atoms with Gasteiger partial charge in [-0.25, -0.2) is 0 Å². The summed E-state index contributed by atoms with van der Waals surface area (Å²) in [4.78, 5) is 27.6. The van der Waals surface area contributed by atoms with Gasteiger partial charge in [0.05, 0.1) is 11.3 Å². The van der Waals surface area contributed by atoms with E-state index in [1.807, 2.05) is 39.0 Å². The van der Waals surface area contributed by atoms with Crippen molar-refractivity contribution in [3.63, 3.8) is 0 Å². The number of carbonyl (C=O) groups excluding carboxylic acids is 1. The van der Waals surface area contributed by atoms with Gasteiger partial charge in [0.15, 0.2) is 5.43 Å². The molecule has 0 saturated carbocycles. The van der Waals surface area contributed by atoms with Crippen LogP contribution in [0.25, 0.3) is 10.9 Å². The highest BCUT2D eigenvalue weighted by atomic mass is 32.2. The molecule has 6 nitrogen and oxygen atoms in total. The van der Waals surface area contributed by atoms with E-state index in [9.17, 15) is 9.59 Å². The van der Waals surface area contributed by atoms with Crippen molar-refractivity contribution in [3.8, 4) is 0 Å². The Bertz CT molecular complexity index is 994. The van der Waals surface area contributed by atoms with E-state index >= 15 is 0 Å². The average Bonchev–Trinajstić information content (AvgIpc) is 3.05. The summed E-state index contributed by atoms with van der Waals surface area (Å²) in [6.07, 6.45) is 0. The molecule has 2 N–H and O–H groups in total. The molecule has 8 heteroatoms. The van der Waals surface area contributed by atoms with Crippen molar-refractivity contribution < 1.29 is 4.79 Å². The highest BCUT2D eigenvalue weighted by Gasteiger charge is 2.11. The Morgan fingerprint density at radius 3 is 2.88 bits per heavy atom. The van der Waals surface area contributed by atoms with Gasteiger partial charge in [-0.3, -0.25) is 14.9 Å². The number of aryl methyl sites for hydroxylation is 1. The summed E-state index contributed by atoms with van der Waals surface area (Å²) < 4.78 is 0. The van der Waals surface area contributed by atoms with Crippen LogP contribution in [0.15, 0.2) is 29.1 Å². The van der Waals surface area contributed by atoms with Gasteiger partial charge in [0, 0.05) is 28.8 Å². The molecule has 1 aromatic carbocycles. The van der Waals surface area contributed by atoms with Crippen LogP contribution in [0.1, 0.15) is 36.0 Å². The second-order valence-electron chi connectivity index (χ2n) is 6.30. The third kappa shape index (κ3) is 4.31. The van der Waals surface area contributed by atoms with Gasteiger partial charge in [-0.05, 0) is 18.6 Å². The summed E-state index contributed by atoms with van der Waals surface area (Å²) in [7, 11) is 0. The average molecular weight is 389 g/mol. The Balaban J connectivity index is 1.59. The van der Waals surface area contributed by atoms with Gasteiger partial charge < -0.3 is 4.98 Å². The molecule has 0 unspecified atom stereocenters. The van der Waals surface area contributed by atoms with Crippen molar-refractivity contribution in [1.82, 2.24) is 15.2 Å². The van der Waals surface area contributed by atoms with Crippen molar-refractivity contribution in [2.45, 2.75) is 32.4 Å². The number of benzene rings is 1. The monoisotopic (exact) mass is 388 g/mol. The lowest BCUT2D eigenvalue weighted by molar-refractivity contribution is -0.113. The molecule has 0 radical (unpaired) electrons. The molecule has 26 heavy (non-hydrogen) atoms. The largest absolute Gasteiger partial charge is 0.357 e. The fraction of sp³-hybridized carbons (Fsp3) is 0.333. The topological polar surface area (TPSA) is 87.7 Å². The van der Waals surface area contributed by atoms with Gasteiger partial charge in [0.1, 0.15) is 5.01 Å². The van der Waals surface area contributed by atoms with Crippen molar-refractivity contribution in [3.05, 3.63) is 50.8 Å². The maximum absolute atomic E-state index is 12.2. The van der Waals surface area contributed by atoms with E-state index in [0.717, 1.165) is 21.8 Å². The van der Waals surface area contributed by atoms with Crippen LogP contribution in [0, 0.1) is 6.92 Å². The molecule has 0 atom stereocenters. The molecular formula is C18H20N4O2S2. The van der Waals surface area contributed by atoms with E-state index in [2.05, 4.69) is 20.5 Å². The summed E-state index contributed by atoms with van der Waals surface area (Å²) in [6, 6.07) is 7.27. The van der Waals surface area contributed by atoms with E-state index < -0.39 is 0 Å². The Morgan fingerprint density at radius 1 is 1.35 bits per heavy atom. The first-order valence-corrected chi connectivity index (χ1v) is 10.2. The SMILES string of the molecule is Cc1cccc2c(=O)cc(CSCC(=O)Nc3nnc(C(C)C)s3)[nH]c12. The number of hydrogen-bond donors (Lipinski definition) is 2. The van der Waals surface area contributed by atoms with E-state index in [4.69, 9.17) is 0 Å². The van der Waals surface area contributed by atoms with Crippen molar-refractivity contribution in [2.75, 3.05) is 11.1 Å². The predicted octanol–water partition coefficient (Wildman–Crippen LogP) is 3.68. The summed E-state index contributed by atoms with van der Waals surface area (Å²) >= 11 is 2.84. The zero-order chi connectivity index (χ0) is 18.7. The number of aromatic amines is 1. The molecule has 2 heterocycles. The van der Waals surface area contributed by atoms with Gasteiger partial charge in [0.25, 0.3) is 0 Å². The van der Waals surface area contributed by atoms with Gasteiger partial charge in [-0.1, -0.05) is 37.3 Å². The molecule has 0 bridgehead atoms. The minimum atomic E-state index is -0.124. The molecule has 0 fully saturated rings. The fourth-order valence-electron chi connectivity index (χ4n) is 2.48. The number of para-hydroxylation sites is 1. The number of hydrogen-bond acceptors (Lipinski definition) is 6. The number of fused-ring (bicyclic) bond motifs is 1. The van der Waals surface area contributed by atoms with Gasteiger partial charge in [-0.2, -0.15) is 0 Å². The van der Waals surface area contributed by atoms with Crippen LogP contribution < -0.4 is 10.7 Å². The van der Waals surface area contributed by atoms with Crippen LogP contribution in [0.4, 0.5) is 5.13 Å². The number of nitrogens with zero attached hydrogens (tertiary/aromatic N) is 2. The van der Waals surface area contributed by atoms with Gasteiger partial charge >= 0.3 is 0 Å². The number of carbonyl (C=O) groups is 1. The highest BCUT2D eigenvalue weighted by Crippen LogP contribution is 2.22. The second-order valence-corrected chi connectivity index (χ2v) is 8.29. The highest BCUT2D eigenvalue weighted by molar-refractivity contribution is 7.99. The summed E-state index contributed by atoms with van der Waals surface area (Å²) in [5, 5.41) is 12.9. The zero-order valence-corrected chi connectivity index (χ0v) is 16.5. The molecule has 2 aromatic heterocycles. The van der Waals surface area contributed by atoms with Crippen LogP contribution >= 0.6 is 23.1 Å². The summed E-state index contributed by atoms with van der Waals surface area (Å²) in [6.45, 7) is 6.04. The third-order valence-electron chi connectivity index (χ3n) is 3.80. The number of nitrogens with one attached hydrogen (secondary N) is 2. The molecule has 0 aliphatic heterocycles. The zero-order valence-electron chi connectivity index (χ0n) is 14.8. The minimum Gasteiger partial charge on any atom is -0.357 e. The second kappa shape index (κ2) is 8.01. The number of H-pyrrole nitrogens is 1. The number of rotatable bonds is 6. The Kier molecular flexibility index (Phi) is 5.73. The quantitative estimate of drug-likeness (QED) is 0.672. The molecule has 0 aliphatic rings.